The summed E-state index contributed by atoms with van der Waals surface area (Å²) in [6.45, 7) is 0.414. The van der Waals surface area contributed by atoms with Crippen molar-refractivity contribution in [2.75, 3.05) is 20.3 Å². The number of nitrogens with zero attached hydrogens (tertiary/aromatic N) is 1. The molecule has 1 amide bonds. The molecule has 0 spiro atoms. The van der Waals surface area contributed by atoms with Gasteiger partial charge in [0, 0.05) is 25.6 Å². The van der Waals surface area contributed by atoms with E-state index in [0.717, 1.165) is 0 Å². The number of carboxylic acids is 1. The van der Waals surface area contributed by atoms with Crippen molar-refractivity contribution in [3.8, 4) is 18.1 Å². The number of carbonyl (C=O) groups excluding carboxylic acids is 1. The minimum absolute atomic E-state index is 0.149. The molecule has 0 radical (unpaired) electrons. The Kier molecular flexibility index (Phi) is 5.02. The van der Waals surface area contributed by atoms with Crippen LogP contribution in [0.25, 0.3) is 0 Å². The van der Waals surface area contributed by atoms with Crippen LogP contribution in [0.1, 0.15) is 16.8 Å². The first-order valence-corrected chi connectivity index (χ1v) is 6.79. The van der Waals surface area contributed by atoms with Gasteiger partial charge in [0.15, 0.2) is 0 Å². The number of likely N-dealkylation sites (tertiary alicyclic amines) is 1. The maximum Gasteiger partial charge on any atom is 0.326 e. The van der Waals surface area contributed by atoms with Crippen molar-refractivity contribution in [2.45, 2.75) is 18.6 Å². The standard InChI is InChI=1S/C16H17NO5/c1-3-8-22-12-6-4-11(5-7-12)15(18)17-10-13(21-2)9-14(17)16(19)20/h1,4-7,13-14H,8-10H2,2H3,(H,19,20). The number of ether oxygens (including phenoxy) is 2. The summed E-state index contributed by atoms with van der Waals surface area (Å²) in [4.78, 5) is 25.1. The Labute approximate surface area is 128 Å². The summed E-state index contributed by atoms with van der Waals surface area (Å²) in [6, 6.07) is 5.57. The molecule has 1 aliphatic heterocycles. The zero-order valence-corrected chi connectivity index (χ0v) is 12.2. The predicted octanol–water partition coefficient (Wildman–Crippen LogP) is 1.01. The number of rotatable bonds is 5. The van der Waals surface area contributed by atoms with E-state index in [1.165, 1.54) is 12.0 Å². The summed E-state index contributed by atoms with van der Waals surface area (Å²) < 4.78 is 10.4. The molecule has 0 aromatic heterocycles. The molecule has 1 aromatic rings. The smallest absolute Gasteiger partial charge is 0.326 e. The zero-order valence-electron chi connectivity index (χ0n) is 12.2. The molecule has 0 bridgehead atoms. The second kappa shape index (κ2) is 6.96. The number of hydrogen-bond donors (Lipinski definition) is 1. The fraction of sp³-hybridized carbons (Fsp3) is 0.375. The lowest BCUT2D eigenvalue weighted by Gasteiger charge is -2.21. The molecule has 0 aliphatic carbocycles. The number of methoxy groups -OCH3 is 1. The van der Waals surface area contributed by atoms with E-state index in [4.69, 9.17) is 15.9 Å². The quantitative estimate of drug-likeness (QED) is 0.822. The van der Waals surface area contributed by atoms with Crippen molar-refractivity contribution in [3.05, 3.63) is 29.8 Å². The van der Waals surface area contributed by atoms with Crippen LogP contribution in [0.2, 0.25) is 0 Å². The Morgan fingerprint density at radius 2 is 2.09 bits per heavy atom. The van der Waals surface area contributed by atoms with Gasteiger partial charge in [0.2, 0.25) is 0 Å². The second-order valence-corrected chi connectivity index (χ2v) is 4.92. The van der Waals surface area contributed by atoms with E-state index in [1.807, 2.05) is 0 Å². The van der Waals surface area contributed by atoms with Gasteiger partial charge in [0.1, 0.15) is 18.4 Å². The number of carboxylic acid groups (broad SMARTS) is 1. The van der Waals surface area contributed by atoms with Crippen LogP contribution >= 0.6 is 0 Å². The van der Waals surface area contributed by atoms with Crippen molar-refractivity contribution in [3.63, 3.8) is 0 Å². The third-order valence-corrected chi connectivity index (χ3v) is 3.57. The Hall–Kier alpha value is -2.52. The van der Waals surface area contributed by atoms with Crippen molar-refractivity contribution in [1.29, 1.82) is 0 Å². The maximum absolute atomic E-state index is 12.5. The largest absolute Gasteiger partial charge is 0.481 e. The molecule has 1 aromatic carbocycles. The number of amides is 1. The average molecular weight is 303 g/mol. The summed E-state index contributed by atoms with van der Waals surface area (Å²) in [5.74, 6) is 1.54. The van der Waals surface area contributed by atoms with Gasteiger partial charge in [-0.25, -0.2) is 4.79 Å². The van der Waals surface area contributed by atoms with Crippen molar-refractivity contribution in [2.24, 2.45) is 0 Å². The highest BCUT2D eigenvalue weighted by Crippen LogP contribution is 2.23. The minimum atomic E-state index is -1.03. The van der Waals surface area contributed by atoms with Crippen LogP contribution in [0.4, 0.5) is 0 Å². The molecular formula is C16H17NO5. The second-order valence-electron chi connectivity index (χ2n) is 4.92. The molecule has 6 nitrogen and oxygen atoms in total. The first-order valence-electron chi connectivity index (χ1n) is 6.79. The molecule has 116 valence electrons. The van der Waals surface area contributed by atoms with Gasteiger partial charge in [-0.3, -0.25) is 4.79 Å². The van der Waals surface area contributed by atoms with E-state index in [9.17, 15) is 14.7 Å². The lowest BCUT2D eigenvalue weighted by atomic mass is 10.1. The fourth-order valence-electron chi connectivity index (χ4n) is 2.41. The predicted molar refractivity (Wildman–Crippen MR) is 78.6 cm³/mol. The highest BCUT2D eigenvalue weighted by atomic mass is 16.5. The van der Waals surface area contributed by atoms with Gasteiger partial charge in [-0.05, 0) is 24.3 Å². The van der Waals surface area contributed by atoms with Gasteiger partial charge in [0.05, 0.1) is 6.10 Å². The van der Waals surface area contributed by atoms with Crippen molar-refractivity contribution in [1.82, 2.24) is 4.90 Å². The Balaban J connectivity index is 2.13. The van der Waals surface area contributed by atoms with Crippen LogP contribution in [0, 0.1) is 12.3 Å². The van der Waals surface area contributed by atoms with Crippen LogP contribution in [-0.2, 0) is 9.53 Å². The molecule has 1 aliphatic rings. The van der Waals surface area contributed by atoms with Crippen molar-refractivity contribution >= 4 is 11.9 Å². The number of hydrogen-bond acceptors (Lipinski definition) is 4. The summed E-state index contributed by atoms with van der Waals surface area (Å²) in [7, 11) is 1.51. The number of carbonyl (C=O) groups is 2. The van der Waals surface area contributed by atoms with E-state index in [-0.39, 0.29) is 25.2 Å². The van der Waals surface area contributed by atoms with E-state index in [0.29, 0.717) is 17.7 Å². The Morgan fingerprint density at radius 3 is 2.64 bits per heavy atom. The Morgan fingerprint density at radius 1 is 1.41 bits per heavy atom. The van der Waals surface area contributed by atoms with Gasteiger partial charge >= 0.3 is 5.97 Å². The van der Waals surface area contributed by atoms with E-state index < -0.39 is 12.0 Å². The Bertz CT molecular complexity index is 590. The van der Waals surface area contributed by atoms with Crippen LogP contribution in [0.5, 0.6) is 5.75 Å². The lowest BCUT2D eigenvalue weighted by Crippen LogP contribution is -2.40. The third-order valence-electron chi connectivity index (χ3n) is 3.57. The van der Waals surface area contributed by atoms with E-state index in [2.05, 4.69) is 5.92 Å². The molecule has 2 rings (SSSR count). The van der Waals surface area contributed by atoms with E-state index >= 15 is 0 Å². The lowest BCUT2D eigenvalue weighted by molar-refractivity contribution is -0.141. The maximum atomic E-state index is 12.5. The molecule has 1 heterocycles. The van der Waals surface area contributed by atoms with Crippen LogP contribution < -0.4 is 4.74 Å². The number of terminal acetylenes is 1. The van der Waals surface area contributed by atoms with Gasteiger partial charge < -0.3 is 19.5 Å². The topological polar surface area (TPSA) is 76.1 Å². The average Bonchev–Trinajstić information content (AvgIpc) is 2.97. The molecule has 1 saturated heterocycles. The summed E-state index contributed by atoms with van der Waals surface area (Å²) in [5.41, 5.74) is 0.399. The van der Waals surface area contributed by atoms with Gasteiger partial charge in [-0.1, -0.05) is 5.92 Å². The summed E-state index contributed by atoms with van der Waals surface area (Å²) in [6.07, 6.45) is 5.14. The van der Waals surface area contributed by atoms with Crippen LogP contribution in [-0.4, -0.2) is 54.3 Å². The molecule has 0 saturated carbocycles. The van der Waals surface area contributed by atoms with Crippen LogP contribution in [0.15, 0.2) is 24.3 Å². The SMILES string of the molecule is C#CCOc1ccc(C(=O)N2CC(OC)CC2C(=O)O)cc1. The highest BCUT2D eigenvalue weighted by molar-refractivity contribution is 5.97. The van der Waals surface area contributed by atoms with Gasteiger partial charge in [-0.2, -0.15) is 0 Å². The molecule has 22 heavy (non-hydrogen) atoms. The summed E-state index contributed by atoms with van der Waals surface area (Å²) in [5, 5.41) is 9.25. The summed E-state index contributed by atoms with van der Waals surface area (Å²) >= 11 is 0. The minimum Gasteiger partial charge on any atom is -0.481 e. The third kappa shape index (κ3) is 3.38. The monoisotopic (exact) mass is 303 g/mol. The molecule has 6 heteroatoms. The molecule has 2 unspecified atom stereocenters. The van der Waals surface area contributed by atoms with Crippen molar-refractivity contribution < 1.29 is 24.2 Å². The molecular weight excluding hydrogens is 286 g/mol. The van der Waals surface area contributed by atoms with Gasteiger partial charge in [0.25, 0.3) is 5.91 Å². The fourth-order valence-corrected chi connectivity index (χ4v) is 2.41. The molecule has 1 N–H and O–H groups in total. The zero-order chi connectivity index (χ0) is 16.1. The molecule has 2 atom stereocenters. The highest BCUT2D eigenvalue weighted by Gasteiger charge is 2.40. The van der Waals surface area contributed by atoms with Crippen LogP contribution in [0.3, 0.4) is 0 Å². The first kappa shape index (κ1) is 15.9. The van der Waals surface area contributed by atoms with Gasteiger partial charge in [-0.15, -0.1) is 6.42 Å². The number of aliphatic carboxylic acids is 1. The number of benzene rings is 1. The first-order chi connectivity index (χ1) is 10.6. The normalized spacial score (nSPS) is 20.5. The molecule has 1 fully saturated rings. The van der Waals surface area contributed by atoms with E-state index in [1.54, 1.807) is 24.3 Å².